The van der Waals surface area contributed by atoms with E-state index in [4.69, 9.17) is 9.47 Å². The van der Waals surface area contributed by atoms with E-state index in [0.29, 0.717) is 23.2 Å². The van der Waals surface area contributed by atoms with E-state index in [1.54, 1.807) is 6.07 Å². The summed E-state index contributed by atoms with van der Waals surface area (Å²) in [5, 5.41) is 2.75. The molecule has 1 aliphatic rings. The van der Waals surface area contributed by atoms with Crippen molar-refractivity contribution in [2.75, 3.05) is 7.11 Å². The molecule has 136 valence electrons. The van der Waals surface area contributed by atoms with Gasteiger partial charge in [0.05, 0.1) is 13.2 Å². The molecular weight excluding hydrogens is 400 g/mol. The number of Topliss-reactive ketones (excluding diaryl/α,β-unsaturated/α-hetero) is 1. The van der Waals surface area contributed by atoms with Crippen LogP contribution in [0.25, 0.3) is 0 Å². The highest BCUT2D eigenvalue weighted by Crippen LogP contribution is 2.33. The summed E-state index contributed by atoms with van der Waals surface area (Å²) in [6, 6.07) is 10.8. The van der Waals surface area contributed by atoms with Gasteiger partial charge in [0.25, 0.3) is 5.91 Å². The summed E-state index contributed by atoms with van der Waals surface area (Å²) in [7, 11) is 1.50. The van der Waals surface area contributed by atoms with Gasteiger partial charge in [-0.05, 0) is 34.3 Å². The van der Waals surface area contributed by atoms with E-state index in [1.165, 1.54) is 7.11 Å². The number of rotatable bonds is 6. The van der Waals surface area contributed by atoms with Crippen LogP contribution in [-0.2, 0) is 11.4 Å². The van der Waals surface area contributed by atoms with Crippen molar-refractivity contribution in [2.24, 2.45) is 0 Å². The number of ether oxygens (including phenoxy) is 2. The van der Waals surface area contributed by atoms with Gasteiger partial charge in [-0.3, -0.25) is 9.59 Å². The van der Waals surface area contributed by atoms with E-state index < -0.39 is 11.9 Å². The molecule has 1 aromatic carbocycles. The number of hydrogen-bond acceptors (Lipinski definition) is 5. The Morgan fingerprint density at radius 2 is 2.12 bits per heavy atom. The Bertz CT molecular complexity index is 811. The van der Waals surface area contributed by atoms with E-state index >= 15 is 0 Å². The first-order valence-electron chi connectivity index (χ1n) is 8.33. The lowest BCUT2D eigenvalue weighted by Crippen LogP contribution is -2.38. The SMILES string of the molecule is COc1cc(Br)nc(C(=O)NC2CCCC2=O)c1OCc1ccccc1. The quantitative estimate of drug-likeness (QED) is 0.728. The van der Waals surface area contributed by atoms with E-state index in [9.17, 15) is 9.59 Å². The maximum Gasteiger partial charge on any atom is 0.274 e. The molecule has 6 nitrogen and oxygen atoms in total. The molecule has 1 atom stereocenters. The van der Waals surface area contributed by atoms with E-state index in [2.05, 4.69) is 26.2 Å². The molecule has 0 aliphatic heterocycles. The number of nitrogens with zero attached hydrogens (tertiary/aromatic N) is 1. The Kier molecular flexibility index (Phi) is 5.88. The number of carbonyl (C=O) groups excluding carboxylic acids is 2. The van der Waals surface area contributed by atoms with Crippen LogP contribution in [0.2, 0.25) is 0 Å². The molecule has 1 aliphatic carbocycles. The molecule has 2 aromatic rings. The lowest BCUT2D eigenvalue weighted by molar-refractivity contribution is -0.118. The van der Waals surface area contributed by atoms with Crippen molar-refractivity contribution in [3.8, 4) is 11.5 Å². The molecule has 26 heavy (non-hydrogen) atoms. The fourth-order valence-corrected chi connectivity index (χ4v) is 3.24. The number of pyridine rings is 1. The highest BCUT2D eigenvalue weighted by Gasteiger charge is 2.29. The Morgan fingerprint density at radius 3 is 2.77 bits per heavy atom. The van der Waals surface area contributed by atoms with Crippen LogP contribution in [-0.4, -0.2) is 29.8 Å². The van der Waals surface area contributed by atoms with Gasteiger partial charge in [-0.1, -0.05) is 30.3 Å². The monoisotopic (exact) mass is 418 g/mol. The van der Waals surface area contributed by atoms with E-state index in [-0.39, 0.29) is 23.8 Å². The number of carbonyl (C=O) groups is 2. The van der Waals surface area contributed by atoms with Crippen LogP contribution in [0, 0.1) is 0 Å². The summed E-state index contributed by atoms with van der Waals surface area (Å²) in [6.45, 7) is 0.267. The van der Waals surface area contributed by atoms with Crippen LogP contribution in [0.15, 0.2) is 41.0 Å². The molecule has 0 spiro atoms. The van der Waals surface area contributed by atoms with Gasteiger partial charge >= 0.3 is 0 Å². The van der Waals surface area contributed by atoms with Gasteiger partial charge < -0.3 is 14.8 Å². The fourth-order valence-electron chi connectivity index (χ4n) is 2.85. The van der Waals surface area contributed by atoms with Crippen LogP contribution in [0.4, 0.5) is 0 Å². The third-order valence-corrected chi connectivity index (χ3v) is 4.58. The molecule has 0 radical (unpaired) electrons. The Balaban J connectivity index is 1.86. The number of halogens is 1. The number of amides is 1. The van der Waals surface area contributed by atoms with Crippen molar-refractivity contribution in [3.63, 3.8) is 0 Å². The minimum Gasteiger partial charge on any atom is -0.493 e. The number of benzene rings is 1. The predicted octanol–water partition coefficient (Wildman–Crippen LogP) is 3.28. The third kappa shape index (κ3) is 4.22. The molecule has 7 heteroatoms. The van der Waals surface area contributed by atoms with Crippen molar-refractivity contribution in [2.45, 2.75) is 31.9 Å². The maximum absolute atomic E-state index is 12.7. The van der Waals surface area contributed by atoms with Crippen LogP contribution in [0.5, 0.6) is 11.5 Å². The molecule has 1 aromatic heterocycles. The van der Waals surface area contributed by atoms with Gasteiger partial charge in [-0.15, -0.1) is 0 Å². The molecule has 1 heterocycles. The maximum atomic E-state index is 12.7. The summed E-state index contributed by atoms with van der Waals surface area (Å²) in [4.78, 5) is 28.8. The molecule has 1 amide bonds. The lowest BCUT2D eigenvalue weighted by Gasteiger charge is -2.16. The summed E-state index contributed by atoms with van der Waals surface area (Å²) >= 11 is 3.28. The Morgan fingerprint density at radius 1 is 1.35 bits per heavy atom. The van der Waals surface area contributed by atoms with Gasteiger partial charge in [0.15, 0.2) is 23.0 Å². The number of aromatic nitrogens is 1. The average molecular weight is 419 g/mol. The molecule has 0 bridgehead atoms. The highest BCUT2D eigenvalue weighted by molar-refractivity contribution is 9.10. The van der Waals surface area contributed by atoms with Gasteiger partial charge in [-0.2, -0.15) is 0 Å². The molecule has 3 rings (SSSR count). The molecule has 1 unspecified atom stereocenters. The summed E-state index contributed by atoms with van der Waals surface area (Å²) in [5.74, 6) is 0.244. The number of hydrogen-bond donors (Lipinski definition) is 1. The van der Waals surface area contributed by atoms with Crippen molar-refractivity contribution in [3.05, 3.63) is 52.3 Å². The predicted molar refractivity (Wildman–Crippen MR) is 99.4 cm³/mol. The van der Waals surface area contributed by atoms with Crippen molar-refractivity contribution in [1.29, 1.82) is 0 Å². The van der Waals surface area contributed by atoms with Gasteiger partial charge in [0.1, 0.15) is 11.2 Å². The van der Waals surface area contributed by atoms with Crippen molar-refractivity contribution >= 4 is 27.6 Å². The molecule has 1 fully saturated rings. The molecule has 1 N–H and O–H groups in total. The minimum atomic E-state index is -0.462. The topological polar surface area (TPSA) is 77.5 Å². The Hall–Kier alpha value is -2.41. The zero-order valence-electron chi connectivity index (χ0n) is 14.3. The van der Waals surface area contributed by atoms with Gasteiger partial charge in [-0.25, -0.2) is 4.98 Å². The molecular formula is C19H19BrN2O4. The summed E-state index contributed by atoms with van der Waals surface area (Å²) < 4.78 is 11.7. The summed E-state index contributed by atoms with van der Waals surface area (Å²) in [6.07, 6.45) is 1.93. The third-order valence-electron chi connectivity index (χ3n) is 4.18. The summed E-state index contributed by atoms with van der Waals surface area (Å²) in [5.41, 5.74) is 1.04. The van der Waals surface area contributed by atoms with Crippen LogP contribution in [0.1, 0.15) is 35.3 Å². The van der Waals surface area contributed by atoms with Gasteiger partial charge in [0, 0.05) is 12.5 Å². The average Bonchev–Trinajstić information content (AvgIpc) is 3.05. The largest absolute Gasteiger partial charge is 0.493 e. The standard InChI is InChI=1S/C19H19BrN2O4/c1-25-15-10-16(20)22-17(19(24)21-13-8-5-9-14(13)23)18(15)26-11-12-6-3-2-4-7-12/h2-4,6-7,10,13H,5,8-9,11H2,1H3,(H,21,24). The van der Waals surface area contributed by atoms with Crippen molar-refractivity contribution < 1.29 is 19.1 Å². The number of nitrogens with one attached hydrogen (secondary N) is 1. The Labute approximate surface area is 160 Å². The first-order chi connectivity index (χ1) is 12.6. The lowest BCUT2D eigenvalue weighted by atomic mass is 10.2. The van der Waals surface area contributed by atoms with Crippen molar-refractivity contribution in [1.82, 2.24) is 10.3 Å². The van der Waals surface area contributed by atoms with E-state index in [0.717, 1.165) is 12.0 Å². The van der Waals surface area contributed by atoms with Crippen LogP contribution >= 0.6 is 15.9 Å². The second-order valence-corrected chi connectivity index (χ2v) is 6.80. The molecule has 0 saturated heterocycles. The first-order valence-corrected chi connectivity index (χ1v) is 9.12. The highest BCUT2D eigenvalue weighted by atomic mass is 79.9. The normalized spacial score (nSPS) is 16.4. The first kappa shape index (κ1) is 18.4. The second-order valence-electron chi connectivity index (χ2n) is 5.98. The zero-order valence-corrected chi connectivity index (χ0v) is 15.9. The zero-order chi connectivity index (χ0) is 18.5. The number of ketones is 1. The smallest absolute Gasteiger partial charge is 0.274 e. The fraction of sp³-hybridized carbons (Fsp3) is 0.316. The molecule has 1 saturated carbocycles. The minimum absolute atomic E-state index is 0.0482. The van der Waals surface area contributed by atoms with E-state index in [1.807, 2.05) is 30.3 Å². The van der Waals surface area contributed by atoms with Crippen LogP contribution in [0.3, 0.4) is 0 Å². The van der Waals surface area contributed by atoms with Crippen LogP contribution < -0.4 is 14.8 Å². The van der Waals surface area contributed by atoms with Gasteiger partial charge in [0.2, 0.25) is 0 Å². The second kappa shape index (κ2) is 8.31. The number of methoxy groups -OCH3 is 1.